The molecule has 5 heteroatoms. The van der Waals surface area contributed by atoms with E-state index in [9.17, 15) is 8.42 Å². The maximum absolute atomic E-state index is 11.7. The molecule has 0 bridgehead atoms. The average molecular weight is 222 g/mol. The van der Waals surface area contributed by atoms with Gasteiger partial charge < -0.3 is 0 Å². The number of sulfonamides is 1. The first kappa shape index (κ1) is 9.99. The minimum atomic E-state index is -3.45. The first-order chi connectivity index (χ1) is 7.15. The fraction of sp³-hybridized carbons (Fsp3) is 0.300. The minimum Gasteiger partial charge on any atom is -0.269 e. The molecule has 1 aromatic carbocycles. The van der Waals surface area contributed by atoms with E-state index in [1.54, 1.807) is 18.2 Å². The van der Waals surface area contributed by atoms with Crippen molar-refractivity contribution >= 4 is 15.7 Å². The number of benzene rings is 1. The molecule has 0 N–H and O–H groups in total. The van der Waals surface area contributed by atoms with Gasteiger partial charge in [-0.1, -0.05) is 18.2 Å². The van der Waals surface area contributed by atoms with E-state index >= 15 is 0 Å². The fourth-order valence-corrected chi connectivity index (χ4v) is 2.92. The molecule has 0 aromatic heterocycles. The van der Waals surface area contributed by atoms with Gasteiger partial charge in [-0.3, -0.25) is 4.31 Å². The van der Waals surface area contributed by atoms with E-state index in [0.717, 1.165) is 12.0 Å². The summed E-state index contributed by atoms with van der Waals surface area (Å²) in [6, 6.07) is 9.07. The van der Waals surface area contributed by atoms with Crippen molar-refractivity contribution in [2.24, 2.45) is 0 Å². The molecule has 1 heterocycles. The lowest BCUT2D eigenvalue weighted by Gasteiger charge is -2.17. The first-order valence-corrected chi connectivity index (χ1v) is 6.21. The Morgan fingerprint density at radius 3 is 2.87 bits per heavy atom. The van der Waals surface area contributed by atoms with Crippen LogP contribution in [0.5, 0.6) is 0 Å². The molecule has 0 amide bonds. The molecular formula is C10H10N2O2S. The van der Waals surface area contributed by atoms with Crippen LogP contribution in [0.25, 0.3) is 0 Å². The zero-order valence-corrected chi connectivity index (χ0v) is 8.87. The van der Waals surface area contributed by atoms with Crippen LogP contribution in [-0.2, 0) is 16.4 Å². The molecule has 0 spiro atoms. The molecule has 1 aliphatic heterocycles. The molecular weight excluding hydrogens is 212 g/mol. The van der Waals surface area contributed by atoms with Gasteiger partial charge in [0, 0.05) is 6.54 Å². The molecule has 78 valence electrons. The van der Waals surface area contributed by atoms with Gasteiger partial charge in [-0.25, -0.2) is 8.42 Å². The van der Waals surface area contributed by atoms with Crippen molar-refractivity contribution < 1.29 is 8.42 Å². The van der Waals surface area contributed by atoms with Gasteiger partial charge in [-0.2, -0.15) is 5.26 Å². The van der Waals surface area contributed by atoms with Crippen LogP contribution < -0.4 is 4.31 Å². The van der Waals surface area contributed by atoms with Crippen molar-refractivity contribution in [3.63, 3.8) is 0 Å². The van der Waals surface area contributed by atoms with E-state index in [-0.39, 0.29) is 0 Å². The normalized spacial score (nSPS) is 14.7. The third-order valence-corrected chi connectivity index (χ3v) is 3.97. The van der Waals surface area contributed by atoms with E-state index in [2.05, 4.69) is 0 Å². The lowest BCUT2D eigenvalue weighted by atomic mass is 10.2. The summed E-state index contributed by atoms with van der Waals surface area (Å²) in [6.45, 7) is 0.448. The van der Waals surface area contributed by atoms with E-state index in [4.69, 9.17) is 5.26 Å². The Labute approximate surface area is 88.8 Å². The minimum absolute atomic E-state index is 0.448. The van der Waals surface area contributed by atoms with E-state index < -0.39 is 15.8 Å². The van der Waals surface area contributed by atoms with Crippen LogP contribution >= 0.6 is 0 Å². The highest BCUT2D eigenvalue weighted by Gasteiger charge is 2.28. The molecule has 0 saturated carbocycles. The van der Waals surface area contributed by atoms with E-state index in [0.29, 0.717) is 12.2 Å². The topological polar surface area (TPSA) is 61.2 Å². The van der Waals surface area contributed by atoms with Gasteiger partial charge in [0.1, 0.15) is 0 Å². The molecule has 0 aliphatic carbocycles. The Bertz CT molecular complexity index is 516. The van der Waals surface area contributed by atoms with Gasteiger partial charge in [-0.05, 0) is 18.1 Å². The van der Waals surface area contributed by atoms with Crippen molar-refractivity contribution in [1.82, 2.24) is 0 Å². The largest absolute Gasteiger partial charge is 0.269 e. The summed E-state index contributed by atoms with van der Waals surface area (Å²) in [6.07, 6.45) is 0.723. The number of hydrogen-bond acceptors (Lipinski definition) is 3. The highest BCUT2D eigenvalue weighted by atomic mass is 32.2. The van der Waals surface area contributed by atoms with Crippen molar-refractivity contribution in [2.75, 3.05) is 16.6 Å². The molecule has 1 aromatic rings. The van der Waals surface area contributed by atoms with Crippen molar-refractivity contribution in [3.05, 3.63) is 29.8 Å². The molecule has 0 saturated heterocycles. The molecule has 0 radical (unpaired) electrons. The number of para-hydroxylation sites is 1. The lowest BCUT2D eigenvalue weighted by molar-refractivity contribution is 0.595. The zero-order chi connectivity index (χ0) is 10.9. The van der Waals surface area contributed by atoms with Crippen LogP contribution in [0.15, 0.2) is 24.3 Å². The summed E-state index contributed by atoms with van der Waals surface area (Å²) >= 11 is 0. The quantitative estimate of drug-likeness (QED) is 0.747. The highest BCUT2D eigenvalue weighted by molar-refractivity contribution is 7.93. The lowest BCUT2D eigenvalue weighted by Crippen LogP contribution is -2.30. The Hall–Kier alpha value is -1.54. The van der Waals surface area contributed by atoms with Crippen molar-refractivity contribution in [3.8, 4) is 6.07 Å². The predicted molar refractivity (Wildman–Crippen MR) is 56.9 cm³/mol. The van der Waals surface area contributed by atoms with Crippen LogP contribution in [0.4, 0.5) is 5.69 Å². The fourth-order valence-electron chi connectivity index (χ4n) is 1.76. The third-order valence-electron chi connectivity index (χ3n) is 2.43. The molecule has 2 rings (SSSR count). The Morgan fingerprint density at radius 1 is 1.40 bits per heavy atom. The smallest absolute Gasteiger partial charge is 0.248 e. The molecule has 15 heavy (non-hydrogen) atoms. The van der Waals surface area contributed by atoms with Crippen molar-refractivity contribution in [1.29, 1.82) is 5.26 Å². The second-order valence-electron chi connectivity index (χ2n) is 3.37. The Balaban J connectivity index is 2.41. The van der Waals surface area contributed by atoms with Crippen LogP contribution in [-0.4, -0.2) is 20.7 Å². The first-order valence-electron chi connectivity index (χ1n) is 4.60. The molecule has 4 nitrogen and oxygen atoms in total. The number of fused-ring (bicyclic) bond motifs is 1. The standard InChI is InChI=1S/C10H10N2O2S/c11-6-8-15(13,14)12-7-5-9-3-1-2-4-10(9)12/h1-4H,5,7-8H2. The highest BCUT2D eigenvalue weighted by Crippen LogP contribution is 2.29. The summed E-state index contributed by atoms with van der Waals surface area (Å²) in [5, 5.41) is 8.45. The number of hydrogen-bond donors (Lipinski definition) is 0. The number of anilines is 1. The SMILES string of the molecule is N#CCS(=O)(=O)N1CCc2ccccc21. The Kier molecular flexibility index (Phi) is 2.37. The summed E-state index contributed by atoms with van der Waals surface area (Å²) in [4.78, 5) is 0. The van der Waals surface area contributed by atoms with E-state index in [1.165, 1.54) is 4.31 Å². The van der Waals surface area contributed by atoms with Gasteiger partial charge in [0.25, 0.3) is 0 Å². The molecule has 1 aliphatic rings. The van der Waals surface area contributed by atoms with Crippen LogP contribution in [0.1, 0.15) is 5.56 Å². The number of nitriles is 1. The third kappa shape index (κ3) is 1.68. The summed E-state index contributed by atoms with van der Waals surface area (Å²) in [5.74, 6) is -0.457. The number of rotatable bonds is 2. The summed E-state index contributed by atoms with van der Waals surface area (Å²) in [7, 11) is -3.45. The van der Waals surface area contributed by atoms with Gasteiger partial charge in [0.15, 0.2) is 5.75 Å². The summed E-state index contributed by atoms with van der Waals surface area (Å²) in [5.41, 5.74) is 1.74. The van der Waals surface area contributed by atoms with Crippen LogP contribution in [0.2, 0.25) is 0 Å². The monoisotopic (exact) mass is 222 g/mol. The second kappa shape index (κ2) is 3.55. The summed E-state index contributed by atoms with van der Waals surface area (Å²) < 4.78 is 24.7. The van der Waals surface area contributed by atoms with Gasteiger partial charge in [-0.15, -0.1) is 0 Å². The predicted octanol–water partition coefficient (Wildman–Crippen LogP) is 0.902. The van der Waals surface area contributed by atoms with Gasteiger partial charge >= 0.3 is 0 Å². The van der Waals surface area contributed by atoms with Gasteiger partial charge in [0.05, 0.1) is 11.8 Å². The maximum atomic E-state index is 11.7. The molecule has 0 fully saturated rings. The van der Waals surface area contributed by atoms with E-state index in [1.807, 2.05) is 12.1 Å². The van der Waals surface area contributed by atoms with Crippen LogP contribution in [0.3, 0.4) is 0 Å². The maximum Gasteiger partial charge on any atom is 0.248 e. The van der Waals surface area contributed by atoms with Crippen molar-refractivity contribution in [2.45, 2.75) is 6.42 Å². The average Bonchev–Trinajstić information content (AvgIpc) is 2.61. The van der Waals surface area contributed by atoms with Gasteiger partial charge in [0.2, 0.25) is 10.0 Å². The second-order valence-corrected chi connectivity index (χ2v) is 5.26. The molecule has 0 atom stereocenters. The van der Waals surface area contributed by atoms with Crippen LogP contribution in [0, 0.1) is 11.3 Å². The number of nitrogens with zero attached hydrogens (tertiary/aromatic N) is 2. The Morgan fingerprint density at radius 2 is 2.13 bits per heavy atom. The zero-order valence-electron chi connectivity index (χ0n) is 8.05. The molecule has 0 unspecified atom stereocenters.